The van der Waals surface area contributed by atoms with Crippen molar-refractivity contribution in [3.8, 4) is 0 Å². The first-order valence-corrected chi connectivity index (χ1v) is 7.07. The second kappa shape index (κ2) is 4.25. The van der Waals surface area contributed by atoms with E-state index in [0.29, 0.717) is 4.75 Å². The summed E-state index contributed by atoms with van der Waals surface area (Å²) >= 11 is 2.07. The third-order valence-corrected chi connectivity index (χ3v) is 5.21. The molecule has 0 radical (unpaired) electrons. The van der Waals surface area contributed by atoms with Crippen molar-refractivity contribution in [2.24, 2.45) is 0 Å². The second-order valence-corrected chi connectivity index (χ2v) is 6.07. The maximum atomic E-state index is 2.49. The Morgan fingerprint density at radius 1 is 1.20 bits per heavy atom. The Morgan fingerprint density at radius 3 is 2.20 bits per heavy atom. The van der Waals surface area contributed by atoms with Crippen LogP contribution in [0.1, 0.15) is 37.1 Å². The smallest absolute Gasteiger partial charge is 0.0372 e. The van der Waals surface area contributed by atoms with E-state index in [1.54, 1.807) is 0 Å². The first kappa shape index (κ1) is 11.1. The van der Waals surface area contributed by atoms with Crippen molar-refractivity contribution in [3.05, 3.63) is 23.5 Å². The lowest BCUT2D eigenvalue weighted by atomic mass is 10.1. The fourth-order valence-electron chi connectivity index (χ4n) is 2.68. The minimum Gasteiger partial charge on any atom is -0.348 e. The summed E-state index contributed by atoms with van der Waals surface area (Å²) in [6.07, 6.45) is 7.90. The van der Waals surface area contributed by atoms with Crippen LogP contribution in [0.5, 0.6) is 0 Å². The maximum Gasteiger partial charge on any atom is 0.0372 e. The van der Waals surface area contributed by atoms with Gasteiger partial charge in [0, 0.05) is 22.7 Å². The van der Waals surface area contributed by atoms with Gasteiger partial charge in [-0.05, 0) is 45.1 Å². The van der Waals surface area contributed by atoms with Gasteiger partial charge in [-0.25, -0.2) is 0 Å². The molecule has 0 unspecified atom stereocenters. The lowest BCUT2D eigenvalue weighted by molar-refractivity contribution is 0.494. The van der Waals surface area contributed by atoms with Gasteiger partial charge in [-0.1, -0.05) is 12.8 Å². The third kappa shape index (κ3) is 2.10. The monoisotopic (exact) mass is 223 g/mol. The van der Waals surface area contributed by atoms with Crippen LogP contribution in [0.4, 0.5) is 0 Å². The molecule has 0 spiro atoms. The van der Waals surface area contributed by atoms with E-state index in [-0.39, 0.29) is 0 Å². The molecule has 2 heteroatoms. The van der Waals surface area contributed by atoms with Crippen LogP contribution in [-0.4, -0.2) is 15.6 Å². The summed E-state index contributed by atoms with van der Waals surface area (Å²) in [7, 11) is 0. The van der Waals surface area contributed by atoms with Gasteiger partial charge < -0.3 is 4.57 Å². The highest BCUT2D eigenvalue weighted by Crippen LogP contribution is 2.41. The predicted molar refractivity (Wildman–Crippen MR) is 68.6 cm³/mol. The molecule has 0 saturated heterocycles. The van der Waals surface area contributed by atoms with Crippen molar-refractivity contribution < 1.29 is 0 Å². The topological polar surface area (TPSA) is 4.93 Å². The number of rotatable bonds is 3. The van der Waals surface area contributed by atoms with E-state index in [1.807, 2.05) is 0 Å². The molecule has 15 heavy (non-hydrogen) atoms. The van der Waals surface area contributed by atoms with Crippen LogP contribution >= 0.6 is 11.8 Å². The molecule has 0 aliphatic heterocycles. The maximum absolute atomic E-state index is 2.49. The normalized spacial score (nSPS) is 19.7. The zero-order chi connectivity index (χ0) is 10.9. The fourth-order valence-corrected chi connectivity index (χ4v) is 3.64. The van der Waals surface area contributed by atoms with Crippen molar-refractivity contribution >= 4 is 11.8 Å². The minimum absolute atomic E-state index is 0.522. The Kier molecular flexibility index (Phi) is 3.15. The van der Waals surface area contributed by atoms with E-state index in [2.05, 4.69) is 48.6 Å². The molecular formula is C13H21NS. The first-order chi connectivity index (χ1) is 7.17. The molecule has 84 valence electrons. The molecule has 1 fully saturated rings. The van der Waals surface area contributed by atoms with Gasteiger partial charge in [0.15, 0.2) is 0 Å². The molecule has 0 bridgehead atoms. The summed E-state index contributed by atoms with van der Waals surface area (Å²) in [6, 6.07) is 4.47. The van der Waals surface area contributed by atoms with Crippen molar-refractivity contribution in [1.29, 1.82) is 0 Å². The van der Waals surface area contributed by atoms with Crippen LogP contribution in [0, 0.1) is 13.8 Å². The average Bonchev–Trinajstić information content (AvgIpc) is 2.81. The van der Waals surface area contributed by atoms with E-state index < -0.39 is 0 Å². The Bertz CT molecular complexity index is 315. The van der Waals surface area contributed by atoms with E-state index in [4.69, 9.17) is 0 Å². The molecule has 1 aliphatic rings. The van der Waals surface area contributed by atoms with E-state index >= 15 is 0 Å². The Labute approximate surface area is 97.3 Å². The molecule has 1 aliphatic carbocycles. The summed E-state index contributed by atoms with van der Waals surface area (Å²) < 4.78 is 3.01. The van der Waals surface area contributed by atoms with Crippen LogP contribution in [0.15, 0.2) is 12.1 Å². The van der Waals surface area contributed by atoms with Crippen LogP contribution in [0.3, 0.4) is 0 Å². The van der Waals surface area contributed by atoms with E-state index in [9.17, 15) is 0 Å². The lowest BCUT2D eigenvalue weighted by Crippen LogP contribution is -2.27. The van der Waals surface area contributed by atoms with Crippen LogP contribution in [0.2, 0.25) is 0 Å². The van der Waals surface area contributed by atoms with E-state index in [1.165, 1.54) is 43.6 Å². The molecule has 2 rings (SSSR count). The van der Waals surface area contributed by atoms with E-state index in [0.717, 1.165) is 0 Å². The van der Waals surface area contributed by atoms with Crippen molar-refractivity contribution in [2.75, 3.05) is 6.26 Å². The molecular weight excluding hydrogens is 202 g/mol. The number of hydrogen-bond acceptors (Lipinski definition) is 1. The molecule has 1 aromatic heterocycles. The van der Waals surface area contributed by atoms with Gasteiger partial charge in [0.25, 0.3) is 0 Å². The number of aryl methyl sites for hydroxylation is 2. The molecule has 1 aromatic rings. The average molecular weight is 223 g/mol. The number of nitrogens with zero attached hydrogens (tertiary/aromatic N) is 1. The molecule has 1 saturated carbocycles. The highest BCUT2D eigenvalue weighted by atomic mass is 32.2. The van der Waals surface area contributed by atoms with Gasteiger partial charge in [-0.15, -0.1) is 0 Å². The molecule has 0 amide bonds. The van der Waals surface area contributed by atoms with Gasteiger partial charge in [-0.3, -0.25) is 0 Å². The zero-order valence-electron chi connectivity index (χ0n) is 10.0. The third-order valence-electron chi connectivity index (χ3n) is 3.81. The highest BCUT2D eigenvalue weighted by Gasteiger charge is 2.33. The van der Waals surface area contributed by atoms with Gasteiger partial charge in [0.1, 0.15) is 0 Å². The summed E-state index contributed by atoms with van der Waals surface area (Å²) in [6.45, 7) is 5.64. The lowest BCUT2D eigenvalue weighted by Gasteiger charge is -2.28. The van der Waals surface area contributed by atoms with Crippen molar-refractivity contribution in [1.82, 2.24) is 4.57 Å². The highest BCUT2D eigenvalue weighted by molar-refractivity contribution is 8.00. The summed E-state index contributed by atoms with van der Waals surface area (Å²) in [5, 5.41) is 0. The first-order valence-electron chi connectivity index (χ1n) is 5.85. The van der Waals surface area contributed by atoms with Crippen LogP contribution < -0.4 is 0 Å². The second-order valence-electron chi connectivity index (χ2n) is 4.80. The largest absolute Gasteiger partial charge is 0.348 e. The summed E-state index contributed by atoms with van der Waals surface area (Å²) in [5.41, 5.74) is 2.82. The Balaban J connectivity index is 2.19. The standard InChI is InChI=1S/C13H21NS/c1-11-6-7-12(2)14(11)10-13(15-3)8-4-5-9-13/h6-7H,4-5,8-10H2,1-3H3. The van der Waals surface area contributed by atoms with Crippen LogP contribution in [0.25, 0.3) is 0 Å². The summed E-state index contributed by atoms with van der Waals surface area (Å²) in [5.74, 6) is 0. The molecule has 0 aromatic carbocycles. The molecule has 1 heterocycles. The quantitative estimate of drug-likeness (QED) is 0.755. The Hall–Kier alpha value is -0.370. The van der Waals surface area contributed by atoms with Gasteiger partial charge >= 0.3 is 0 Å². The molecule has 0 atom stereocenters. The minimum atomic E-state index is 0.522. The van der Waals surface area contributed by atoms with Crippen molar-refractivity contribution in [2.45, 2.75) is 50.8 Å². The molecule has 0 N–H and O–H groups in total. The van der Waals surface area contributed by atoms with Gasteiger partial charge in [0.05, 0.1) is 0 Å². The Morgan fingerprint density at radius 2 is 1.73 bits per heavy atom. The van der Waals surface area contributed by atoms with Gasteiger partial charge in [-0.2, -0.15) is 11.8 Å². The van der Waals surface area contributed by atoms with Crippen molar-refractivity contribution in [3.63, 3.8) is 0 Å². The zero-order valence-corrected chi connectivity index (χ0v) is 10.9. The van der Waals surface area contributed by atoms with Crippen LogP contribution in [-0.2, 0) is 6.54 Å². The predicted octanol–water partition coefficient (Wildman–Crippen LogP) is 3.78. The van der Waals surface area contributed by atoms with Gasteiger partial charge in [0.2, 0.25) is 0 Å². The fraction of sp³-hybridized carbons (Fsp3) is 0.692. The molecule has 1 nitrogen and oxygen atoms in total. The number of hydrogen-bond donors (Lipinski definition) is 0. The number of aromatic nitrogens is 1. The SMILES string of the molecule is CSC1(Cn2c(C)ccc2C)CCCC1. The number of thioether (sulfide) groups is 1. The summed E-state index contributed by atoms with van der Waals surface area (Å²) in [4.78, 5) is 0.